The summed E-state index contributed by atoms with van der Waals surface area (Å²) in [4.78, 5) is 2.15. The molecule has 2 N–H and O–H groups in total. The van der Waals surface area contributed by atoms with Gasteiger partial charge in [0.15, 0.2) is 0 Å². The van der Waals surface area contributed by atoms with Gasteiger partial charge in [0.2, 0.25) is 0 Å². The molecule has 0 fully saturated rings. The van der Waals surface area contributed by atoms with Crippen molar-refractivity contribution in [3.05, 3.63) is 63.0 Å². The number of thiophene rings is 1. The third-order valence-electron chi connectivity index (χ3n) is 6.84. The average molecular weight is 715 g/mol. The van der Waals surface area contributed by atoms with Crippen LogP contribution < -0.4 is 18.7 Å². The maximum atomic E-state index is 11.5. The van der Waals surface area contributed by atoms with Crippen LogP contribution in [0, 0.1) is 0 Å². The van der Waals surface area contributed by atoms with Crippen LogP contribution in [0.25, 0.3) is 26.4 Å². The zero-order valence-corrected chi connectivity index (χ0v) is 28.0. The Labute approximate surface area is 259 Å². The van der Waals surface area contributed by atoms with Crippen LogP contribution in [0.4, 0.5) is 5.69 Å². The van der Waals surface area contributed by atoms with E-state index in [1.165, 1.54) is 4.46 Å². The van der Waals surface area contributed by atoms with Crippen LogP contribution in [-0.4, -0.2) is 66.1 Å². The summed E-state index contributed by atoms with van der Waals surface area (Å²) in [7, 11) is -6.48. The summed E-state index contributed by atoms with van der Waals surface area (Å²) in [6.07, 6.45) is 5.60. The Hall–Kier alpha value is -2.29. The van der Waals surface area contributed by atoms with E-state index in [9.17, 15) is 25.9 Å². The number of allylic oxidation sites excluding steroid dienone is 2. The predicted molar refractivity (Wildman–Crippen MR) is 172 cm³/mol. The second-order valence-electron chi connectivity index (χ2n) is 9.74. The van der Waals surface area contributed by atoms with Crippen molar-refractivity contribution in [1.82, 2.24) is 0 Å². The molecule has 0 radical (unpaired) electrons. The molecular weight excluding hydrogens is 684 g/mol. The number of methoxy groups -OCH3 is 1. The molecule has 3 heterocycles. The van der Waals surface area contributed by atoms with Gasteiger partial charge in [-0.2, -0.15) is 0 Å². The summed E-state index contributed by atoms with van der Waals surface area (Å²) in [5.41, 5.74) is 3.15. The SMILES string of the molecule is CCC(=C/c1sc2cc(OC)c3ccsc3c2[n+]1CCCS(=O)(=O)O)/C=C1/[Se]c2ccccc2N1CCCS(=O)(=O)O. The van der Waals surface area contributed by atoms with E-state index in [0.717, 1.165) is 53.3 Å². The third-order valence-corrected chi connectivity index (χ3v) is 12.8. The van der Waals surface area contributed by atoms with Crippen LogP contribution >= 0.6 is 22.7 Å². The zero-order valence-electron chi connectivity index (χ0n) is 23.0. The molecule has 0 saturated heterocycles. The number of fused-ring (bicyclic) bond motifs is 4. The van der Waals surface area contributed by atoms with Crippen molar-refractivity contribution in [3.63, 3.8) is 0 Å². The van der Waals surface area contributed by atoms with E-state index in [-0.39, 0.29) is 32.9 Å². The topological polar surface area (TPSA) is 125 Å². The van der Waals surface area contributed by atoms with Gasteiger partial charge in [0.25, 0.3) is 0 Å². The van der Waals surface area contributed by atoms with Crippen molar-refractivity contribution < 1.29 is 35.2 Å². The molecule has 5 rings (SSSR count). The molecule has 0 saturated carbocycles. The zero-order chi connectivity index (χ0) is 30.1. The Bertz CT molecular complexity index is 1910. The number of aryl methyl sites for hydroxylation is 1. The van der Waals surface area contributed by atoms with Gasteiger partial charge in [-0.15, -0.1) is 0 Å². The summed E-state index contributed by atoms with van der Waals surface area (Å²) in [5, 5.41) is 3.97. The Kier molecular flexibility index (Phi) is 9.45. The van der Waals surface area contributed by atoms with Crippen LogP contribution in [0.3, 0.4) is 0 Å². The number of hydrogen-bond donors (Lipinski definition) is 2. The molecular formula is C28H31N2O7S4Se+. The van der Waals surface area contributed by atoms with Crippen molar-refractivity contribution in [2.45, 2.75) is 32.7 Å². The van der Waals surface area contributed by atoms with Crippen molar-refractivity contribution in [3.8, 4) is 5.75 Å². The number of benzene rings is 2. The van der Waals surface area contributed by atoms with E-state index in [1.807, 2.05) is 35.7 Å². The van der Waals surface area contributed by atoms with Crippen molar-refractivity contribution in [2.24, 2.45) is 0 Å². The van der Waals surface area contributed by atoms with Gasteiger partial charge in [0.1, 0.15) is 0 Å². The minimum atomic E-state index is -4.09. The van der Waals surface area contributed by atoms with Gasteiger partial charge in [0, 0.05) is 0 Å². The summed E-state index contributed by atoms with van der Waals surface area (Å²) >= 11 is 3.23. The quantitative estimate of drug-likeness (QED) is 0.125. The molecule has 1 aliphatic rings. The molecule has 4 aromatic rings. The standard InChI is InChI=1S/C28H30N2O7S4Se/c1-3-19(17-26-29(11-6-14-40(31,32)33)21-8-4-5-9-24(21)42-26)16-25-30(12-7-15-41(34,35)36)27-23(39-25)18-22(37-2)20-10-13-38-28(20)27/h4-5,8-10,13,16-18H,3,6-7,11-12,14-15H2,1-2H3,(H-,31,32,33,34,35,36)/p+1. The summed E-state index contributed by atoms with van der Waals surface area (Å²) in [5.74, 6) is 0.160. The number of rotatable bonds is 12. The molecule has 0 atom stereocenters. The number of para-hydroxylation sites is 1. The summed E-state index contributed by atoms with van der Waals surface area (Å²) in [6, 6.07) is 12.1. The first kappa shape index (κ1) is 31.1. The van der Waals surface area contributed by atoms with Crippen LogP contribution in [0.15, 0.2) is 58.0 Å². The number of aromatic nitrogens is 1. The van der Waals surface area contributed by atoms with Crippen LogP contribution in [0.2, 0.25) is 0 Å². The molecule has 2 aromatic carbocycles. The first-order valence-corrected chi connectivity index (χ1v) is 19.9. The van der Waals surface area contributed by atoms with Gasteiger partial charge >= 0.3 is 261 Å². The van der Waals surface area contributed by atoms with E-state index in [4.69, 9.17) is 4.74 Å². The van der Waals surface area contributed by atoms with Crippen LogP contribution in [0.5, 0.6) is 5.75 Å². The second-order valence-corrected chi connectivity index (χ2v) is 17.1. The van der Waals surface area contributed by atoms with Crippen LogP contribution in [-0.2, 0) is 26.8 Å². The normalized spacial score (nSPS) is 15.3. The fourth-order valence-corrected chi connectivity index (χ4v) is 10.6. The maximum absolute atomic E-state index is 11.5. The monoisotopic (exact) mass is 715 g/mol. The Balaban J connectivity index is 1.57. The molecule has 0 amide bonds. The number of ether oxygens (including phenoxy) is 1. The third kappa shape index (κ3) is 7.08. The van der Waals surface area contributed by atoms with Gasteiger partial charge in [-0.1, -0.05) is 0 Å². The van der Waals surface area contributed by atoms with Crippen molar-refractivity contribution >= 4 is 94.4 Å². The van der Waals surface area contributed by atoms with E-state index in [0.29, 0.717) is 19.5 Å². The van der Waals surface area contributed by atoms with Gasteiger partial charge in [-0.25, -0.2) is 0 Å². The molecule has 224 valence electrons. The molecule has 2 aromatic heterocycles. The van der Waals surface area contributed by atoms with E-state index in [2.05, 4.69) is 34.6 Å². The van der Waals surface area contributed by atoms with Gasteiger partial charge in [-0.3, -0.25) is 0 Å². The number of hydrogen-bond acceptors (Lipinski definition) is 8. The fourth-order valence-electron chi connectivity index (χ4n) is 4.94. The Morgan fingerprint density at radius 1 is 1.10 bits per heavy atom. The number of thiazole rings is 1. The molecule has 0 aliphatic carbocycles. The number of anilines is 1. The van der Waals surface area contributed by atoms with Crippen LogP contribution in [0.1, 0.15) is 31.2 Å². The second kappa shape index (κ2) is 12.7. The van der Waals surface area contributed by atoms with Gasteiger partial charge in [0.05, 0.1) is 0 Å². The van der Waals surface area contributed by atoms with Gasteiger partial charge in [-0.05, 0) is 0 Å². The fraction of sp³-hybridized carbons (Fsp3) is 0.321. The Morgan fingerprint density at radius 3 is 2.55 bits per heavy atom. The van der Waals surface area contributed by atoms with Gasteiger partial charge < -0.3 is 0 Å². The predicted octanol–water partition coefficient (Wildman–Crippen LogP) is 4.45. The summed E-state index contributed by atoms with van der Waals surface area (Å²) in [6.45, 7) is 2.96. The van der Waals surface area contributed by atoms with Crippen molar-refractivity contribution in [1.29, 1.82) is 0 Å². The molecule has 42 heavy (non-hydrogen) atoms. The molecule has 0 spiro atoms. The minimum absolute atomic E-state index is 0.0189. The first-order valence-electron chi connectivity index (χ1n) is 13.2. The molecule has 0 bridgehead atoms. The number of nitrogens with zero attached hydrogens (tertiary/aromatic N) is 2. The molecule has 0 unspecified atom stereocenters. The molecule has 9 nitrogen and oxygen atoms in total. The van der Waals surface area contributed by atoms with E-state index in [1.54, 1.807) is 29.8 Å². The summed E-state index contributed by atoms with van der Waals surface area (Å²) < 4.78 is 76.5. The first-order chi connectivity index (χ1) is 20.0. The van der Waals surface area contributed by atoms with E-state index < -0.39 is 20.2 Å². The average Bonchev–Trinajstić information content (AvgIpc) is 3.62. The molecule has 1 aliphatic heterocycles. The van der Waals surface area contributed by atoms with E-state index >= 15 is 0 Å². The van der Waals surface area contributed by atoms with Crippen molar-refractivity contribution in [2.75, 3.05) is 30.1 Å². The molecule has 14 heteroatoms. The Morgan fingerprint density at radius 2 is 1.83 bits per heavy atom.